The van der Waals surface area contributed by atoms with Crippen molar-refractivity contribution in [1.29, 1.82) is 0 Å². The maximum absolute atomic E-state index is 6.03. The molecule has 0 unspecified atom stereocenters. The van der Waals surface area contributed by atoms with Gasteiger partial charge >= 0.3 is 0 Å². The van der Waals surface area contributed by atoms with Gasteiger partial charge in [-0.2, -0.15) is 0 Å². The van der Waals surface area contributed by atoms with Crippen LogP contribution in [-0.4, -0.2) is 6.61 Å². The fraction of sp³-hybridized carbons (Fsp3) is 0.200. The Hall–Kier alpha value is -0.000000000000000139. The lowest BCUT2D eigenvalue weighted by Gasteiger charge is -1.94. The first-order valence-corrected chi connectivity index (χ1v) is 6.49. The topological polar surface area (TPSA) is 9.23 Å². The SMILES string of the molecule is CCOc1cc2cc(I)c(Cl)cc2s1. The number of thiophene rings is 1. The van der Waals surface area contributed by atoms with Gasteiger partial charge in [0.05, 0.1) is 11.6 Å². The Labute approximate surface area is 105 Å². The van der Waals surface area contributed by atoms with E-state index in [0.29, 0.717) is 6.61 Å². The molecule has 1 aromatic heterocycles. The van der Waals surface area contributed by atoms with Gasteiger partial charge < -0.3 is 4.74 Å². The molecule has 0 saturated heterocycles. The highest BCUT2D eigenvalue weighted by atomic mass is 127. The van der Waals surface area contributed by atoms with Crippen LogP contribution in [0, 0.1) is 3.57 Å². The molecule has 1 heterocycles. The van der Waals surface area contributed by atoms with Crippen molar-refractivity contribution >= 4 is 55.6 Å². The van der Waals surface area contributed by atoms with E-state index in [2.05, 4.69) is 34.7 Å². The fourth-order valence-corrected chi connectivity index (χ4v) is 2.93. The predicted octanol–water partition coefficient (Wildman–Crippen LogP) is 4.56. The Morgan fingerprint density at radius 1 is 1.43 bits per heavy atom. The standard InChI is InChI=1S/C10H8ClIOS/c1-2-13-10-4-6-3-8(12)7(11)5-9(6)14-10/h3-5H,2H2,1H3. The fourth-order valence-electron chi connectivity index (χ4n) is 1.22. The van der Waals surface area contributed by atoms with Crippen LogP contribution in [0.2, 0.25) is 5.02 Å². The smallest absolute Gasteiger partial charge is 0.174 e. The van der Waals surface area contributed by atoms with Crippen LogP contribution >= 0.6 is 45.5 Å². The molecule has 14 heavy (non-hydrogen) atoms. The number of hydrogen-bond donors (Lipinski definition) is 0. The summed E-state index contributed by atoms with van der Waals surface area (Å²) in [5, 5.41) is 2.97. The monoisotopic (exact) mass is 338 g/mol. The second kappa shape index (κ2) is 4.24. The summed E-state index contributed by atoms with van der Waals surface area (Å²) in [7, 11) is 0. The van der Waals surface area contributed by atoms with Gasteiger partial charge in [-0.15, -0.1) is 0 Å². The van der Waals surface area contributed by atoms with E-state index >= 15 is 0 Å². The number of ether oxygens (including phenoxy) is 1. The molecule has 0 aliphatic rings. The van der Waals surface area contributed by atoms with Crippen LogP contribution in [0.1, 0.15) is 6.92 Å². The summed E-state index contributed by atoms with van der Waals surface area (Å²) in [5.74, 6) is 0. The van der Waals surface area contributed by atoms with Gasteiger partial charge in [-0.1, -0.05) is 22.9 Å². The highest BCUT2D eigenvalue weighted by Crippen LogP contribution is 2.35. The number of hydrogen-bond acceptors (Lipinski definition) is 2. The van der Waals surface area contributed by atoms with Gasteiger partial charge in [0.1, 0.15) is 0 Å². The second-order valence-electron chi connectivity index (χ2n) is 2.80. The molecule has 2 rings (SSSR count). The summed E-state index contributed by atoms with van der Waals surface area (Å²) in [4.78, 5) is 0. The molecular formula is C10H8ClIOS. The van der Waals surface area contributed by atoms with E-state index in [1.54, 1.807) is 11.3 Å². The van der Waals surface area contributed by atoms with Crippen molar-refractivity contribution in [2.24, 2.45) is 0 Å². The summed E-state index contributed by atoms with van der Waals surface area (Å²) in [6, 6.07) is 6.13. The Morgan fingerprint density at radius 3 is 2.93 bits per heavy atom. The zero-order valence-electron chi connectivity index (χ0n) is 7.51. The minimum atomic E-state index is 0.706. The molecule has 0 atom stereocenters. The van der Waals surface area contributed by atoms with Crippen LogP contribution in [0.25, 0.3) is 10.1 Å². The van der Waals surface area contributed by atoms with E-state index in [9.17, 15) is 0 Å². The third-order valence-electron chi connectivity index (χ3n) is 1.82. The first-order chi connectivity index (χ1) is 6.70. The van der Waals surface area contributed by atoms with Crippen LogP contribution < -0.4 is 4.74 Å². The third kappa shape index (κ3) is 1.99. The van der Waals surface area contributed by atoms with Crippen molar-refractivity contribution in [3.05, 3.63) is 26.8 Å². The van der Waals surface area contributed by atoms with Crippen molar-refractivity contribution < 1.29 is 4.74 Å². The number of halogens is 2. The first kappa shape index (κ1) is 10.5. The molecule has 1 nitrogen and oxygen atoms in total. The number of benzene rings is 1. The van der Waals surface area contributed by atoms with E-state index in [1.807, 2.05) is 13.0 Å². The number of rotatable bonds is 2. The molecule has 0 fully saturated rings. The molecule has 0 aliphatic heterocycles. The molecule has 0 radical (unpaired) electrons. The molecule has 74 valence electrons. The van der Waals surface area contributed by atoms with Crippen LogP contribution in [0.4, 0.5) is 0 Å². The van der Waals surface area contributed by atoms with E-state index in [0.717, 1.165) is 13.7 Å². The van der Waals surface area contributed by atoms with Gasteiger partial charge in [0.2, 0.25) is 0 Å². The molecule has 0 N–H and O–H groups in total. The Morgan fingerprint density at radius 2 is 2.21 bits per heavy atom. The summed E-state index contributed by atoms with van der Waals surface area (Å²) >= 11 is 9.90. The third-order valence-corrected chi connectivity index (χ3v) is 4.36. The van der Waals surface area contributed by atoms with Gasteiger partial charge in [-0.25, -0.2) is 0 Å². The minimum absolute atomic E-state index is 0.706. The maximum atomic E-state index is 6.03. The average molecular weight is 339 g/mol. The maximum Gasteiger partial charge on any atom is 0.174 e. The Kier molecular flexibility index (Phi) is 3.19. The highest BCUT2D eigenvalue weighted by molar-refractivity contribution is 14.1. The molecule has 0 bridgehead atoms. The Bertz CT molecular complexity index is 427. The average Bonchev–Trinajstić information content (AvgIpc) is 2.48. The molecule has 2 aromatic rings. The quantitative estimate of drug-likeness (QED) is 0.730. The van der Waals surface area contributed by atoms with E-state index < -0.39 is 0 Å². The molecule has 0 spiro atoms. The zero-order chi connectivity index (χ0) is 10.1. The first-order valence-electron chi connectivity index (χ1n) is 4.22. The normalized spacial score (nSPS) is 10.8. The minimum Gasteiger partial charge on any atom is -0.484 e. The predicted molar refractivity (Wildman–Crippen MR) is 70.7 cm³/mol. The summed E-state index contributed by atoms with van der Waals surface area (Å²) in [6.07, 6.45) is 0. The Balaban J connectivity index is 2.54. The van der Waals surface area contributed by atoms with Crippen molar-refractivity contribution in [2.75, 3.05) is 6.61 Å². The van der Waals surface area contributed by atoms with Gasteiger partial charge in [0, 0.05) is 8.27 Å². The zero-order valence-corrected chi connectivity index (χ0v) is 11.2. The summed E-state index contributed by atoms with van der Waals surface area (Å²) in [5.41, 5.74) is 0. The second-order valence-corrected chi connectivity index (χ2v) is 5.42. The van der Waals surface area contributed by atoms with Crippen molar-refractivity contribution in [1.82, 2.24) is 0 Å². The van der Waals surface area contributed by atoms with Gasteiger partial charge in [0.15, 0.2) is 5.06 Å². The lowest BCUT2D eigenvalue weighted by molar-refractivity contribution is 0.350. The van der Waals surface area contributed by atoms with Crippen molar-refractivity contribution in [2.45, 2.75) is 6.92 Å². The van der Waals surface area contributed by atoms with Crippen molar-refractivity contribution in [3.63, 3.8) is 0 Å². The molecule has 0 aliphatic carbocycles. The largest absolute Gasteiger partial charge is 0.484 e. The van der Waals surface area contributed by atoms with Crippen LogP contribution in [0.5, 0.6) is 5.06 Å². The highest BCUT2D eigenvalue weighted by Gasteiger charge is 2.05. The van der Waals surface area contributed by atoms with Gasteiger partial charge in [0.25, 0.3) is 0 Å². The molecule has 0 amide bonds. The van der Waals surface area contributed by atoms with E-state index in [-0.39, 0.29) is 0 Å². The van der Waals surface area contributed by atoms with Crippen LogP contribution in [0.15, 0.2) is 18.2 Å². The van der Waals surface area contributed by atoms with E-state index in [4.69, 9.17) is 16.3 Å². The van der Waals surface area contributed by atoms with E-state index in [1.165, 1.54) is 10.1 Å². The van der Waals surface area contributed by atoms with Gasteiger partial charge in [-0.3, -0.25) is 0 Å². The van der Waals surface area contributed by atoms with Crippen LogP contribution in [-0.2, 0) is 0 Å². The summed E-state index contributed by atoms with van der Waals surface area (Å²) < 4.78 is 7.70. The molecule has 1 aromatic carbocycles. The van der Waals surface area contributed by atoms with Gasteiger partial charge in [-0.05, 0) is 53.1 Å². The molecule has 4 heteroatoms. The van der Waals surface area contributed by atoms with Crippen LogP contribution in [0.3, 0.4) is 0 Å². The summed E-state index contributed by atoms with van der Waals surface area (Å²) in [6.45, 7) is 2.69. The molecular weight excluding hydrogens is 331 g/mol. The molecule has 0 saturated carbocycles. The lowest BCUT2D eigenvalue weighted by atomic mass is 10.3. The van der Waals surface area contributed by atoms with Crippen molar-refractivity contribution in [3.8, 4) is 5.06 Å². The number of fused-ring (bicyclic) bond motifs is 1. The lowest BCUT2D eigenvalue weighted by Crippen LogP contribution is -1.86.